The fraction of sp³-hybridized carbons (Fsp3) is 0.235. The molecule has 0 saturated carbocycles. The van der Waals surface area contributed by atoms with Crippen molar-refractivity contribution in [3.8, 4) is 0 Å². The van der Waals surface area contributed by atoms with Gasteiger partial charge in [-0.1, -0.05) is 24.3 Å². The molecule has 2 amide bonds. The highest BCUT2D eigenvalue weighted by molar-refractivity contribution is 6.02. The standard InChI is InChI=1S/C17H17N3O3/c1-11(21)20-14-7-3-2-5-12(14)9-15(20)17(23)18-10-13-6-4-8-16(22)19-13/h2-8,15H,9-10H2,1H3,(H,18,23)(H,19,22)/t15-/m0/s1. The van der Waals surface area contributed by atoms with Crippen molar-refractivity contribution in [3.05, 3.63) is 64.1 Å². The molecule has 0 saturated heterocycles. The topological polar surface area (TPSA) is 82.3 Å². The van der Waals surface area contributed by atoms with E-state index >= 15 is 0 Å². The molecule has 0 spiro atoms. The molecular formula is C17H17N3O3. The van der Waals surface area contributed by atoms with Crippen molar-refractivity contribution in [1.29, 1.82) is 0 Å². The second-order valence-electron chi connectivity index (χ2n) is 5.50. The number of benzene rings is 1. The first-order chi connectivity index (χ1) is 11.1. The Labute approximate surface area is 133 Å². The van der Waals surface area contributed by atoms with E-state index in [9.17, 15) is 14.4 Å². The first kappa shape index (κ1) is 15.0. The molecule has 1 aromatic heterocycles. The number of hydrogen-bond donors (Lipinski definition) is 2. The van der Waals surface area contributed by atoms with E-state index in [0.29, 0.717) is 12.1 Å². The summed E-state index contributed by atoms with van der Waals surface area (Å²) in [4.78, 5) is 39.9. The third kappa shape index (κ3) is 3.01. The zero-order valence-corrected chi connectivity index (χ0v) is 12.7. The molecule has 0 unspecified atom stereocenters. The predicted molar refractivity (Wildman–Crippen MR) is 86.0 cm³/mol. The van der Waals surface area contributed by atoms with E-state index in [1.165, 1.54) is 17.9 Å². The van der Waals surface area contributed by atoms with Gasteiger partial charge in [0.25, 0.3) is 0 Å². The quantitative estimate of drug-likeness (QED) is 0.886. The van der Waals surface area contributed by atoms with E-state index in [2.05, 4.69) is 10.3 Å². The summed E-state index contributed by atoms with van der Waals surface area (Å²) in [7, 11) is 0. The van der Waals surface area contributed by atoms with Gasteiger partial charge in [-0.2, -0.15) is 0 Å². The summed E-state index contributed by atoms with van der Waals surface area (Å²) in [6, 6.07) is 11.7. The summed E-state index contributed by atoms with van der Waals surface area (Å²) in [5.41, 5.74) is 2.18. The minimum atomic E-state index is -0.555. The van der Waals surface area contributed by atoms with Gasteiger partial charge in [0.05, 0.1) is 6.54 Å². The molecule has 3 rings (SSSR count). The Morgan fingerprint density at radius 1 is 1.22 bits per heavy atom. The monoisotopic (exact) mass is 311 g/mol. The number of hydrogen-bond acceptors (Lipinski definition) is 3. The summed E-state index contributed by atoms with van der Waals surface area (Å²) in [5.74, 6) is -0.399. The first-order valence-electron chi connectivity index (χ1n) is 7.40. The number of pyridine rings is 1. The molecule has 1 atom stereocenters. The molecule has 118 valence electrons. The van der Waals surface area contributed by atoms with Crippen LogP contribution in [-0.4, -0.2) is 22.8 Å². The van der Waals surface area contributed by atoms with Crippen molar-refractivity contribution in [3.63, 3.8) is 0 Å². The molecule has 6 nitrogen and oxygen atoms in total. The van der Waals surface area contributed by atoms with E-state index in [1.807, 2.05) is 24.3 Å². The SMILES string of the molecule is CC(=O)N1c2ccccc2C[C@H]1C(=O)NCc1cccc(=O)[nH]1. The number of anilines is 1. The van der Waals surface area contributed by atoms with Crippen molar-refractivity contribution in [1.82, 2.24) is 10.3 Å². The molecule has 6 heteroatoms. The summed E-state index contributed by atoms with van der Waals surface area (Å²) in [6.07, 6.45) is 0.493. The number of carbonyl (C=O) groups excluding carboxylic acids is 2. The lowest BCUT2D eigenvalue weighted by Crippen LogP contribution is -2.47. The molecule has 0 radical (unpaired) electrons. The lowest BCUT2D eigenvalue weighted by Gasteiger charge is -2.23. The molecule has 1 aliphatic heterocycles. The third-order valence-corrected chi connectivity index (χ3v) is 3.90. The number of amides is 2. The van der Waals surface area contributed by atoms with Crippen molar-refractivity contribution in [2.24, 2.45) is 0 Å². The van der Waals surface area contributed by atoms with Gasteiger partial charge in [-0.05, 0) is 17.7 Å². The van der Waals surface area contributed by atoms with Gasteiger partial charge in [0.15, 0.2) is 0 Å². The van der Waals surface area contributed by atoms with Crippen LogP contribution in [0.25, 0.3) is 0 Å². The molecular weight excluding hydrogens is 294 g/mol. The number of H-pyrrole nitrogens is 1. The number of fused-ring (bicyclic) bond motifs is 1. The molecule has 2 aromatic rings. The van der Waals surface area contributed by atoms with Crippen LogP contribution in [0, 0.1) is 0 Å². The number of para-hydroxylation sites is 1. The Balaban J connectivity index is 1.75. The lowest BCUT2D eigenvalue weighted by atomic mass is 10.1. The zero-order valence-electron chi connectivity index (χ0n) is 12.7. The summed E-state index contributed by atoms with van der Waals surface area (Å²) >= 11 is 0. The van der Waals surface area contributed by atoms with E-state index in [4.69, 9.17) is 0 Å². The highest BCUT2D eigenvalue weighted by atomic mass is 16.2. The third-order valence-electron chi connectivity index (χ3n) is 3.90. The first-order valence-corrected chi connectivity index (χ1v) is 7.40. The fourth-order valence-electron chi connectivity index (χ4n) is 2.88. The van der Waals surface area contributed by atoms with Gasteiger partial charge in [0, 0.05) is 30.8 Å². The van der Waals surface area contributed by atoms with Crippen LogP contribution >= 0.6 is 0 Å². The number of aromatic amines is 1. The van der Waals surface area contributed by atoms with Crippen LogP contribution in [0.3, 0.4) is 0 Å². The average Bonchev–Trinajstić information content (AvgIpc) is 2.92. The lowest BCUT2D eigenvalue weighted by molar-refractivity contribution is -0.125. The van der Waals surface area contributed by atoms with Crippen molar-refractivity contribution in [2.75, 3.05) is 4.90 Å². The van der Waals surface area contributed by atoms with E-state index in [0.717, 1.165) is 11.3 Å². The normalized spacial score (nSPS) is 16.0. The van der Waals surface area contributed by atoms with Crippen LogP contribution in [0.15, 0.2) is 47.3 Å². The summed E-state index contributed by atoms with van der Waals surface area (Å²) < 4.78 is 0. The number of rotatable bonds is 3. The average molecular weight is 311 g/mol. The minimum Gasteiger partial charge on any atom is -0.349 e. The Bertz CT molecular complexity index is 812. The smallest absolute Gasteiger partial charge is 0.248 e. The molecule has 2 N–H and O–H groups in total. The summed E-state index contributed by atoms with van der Waals surface area (Å²) in [5, 5.41) is 2.78. The largest absolute Gasteiger partial charge is 0.349 e. The van der Waals surface area contributed by atoms with Crippen LogP contribution in [0.1, 0.15) is 18.2 Å². The van der Waals surface area contributed by atoms with E-state index < -0.39 is 6.04 Å². The number of nitrogens with zero attached hydrogens (tertiary/aromatic N) is 1. The highest BCUT2D eigenvalue weighted by Gasteiger charge is 2.36. The van der Waals surface area contributed by atoms with Crippen LogP contribution in [0.5, 0.6) is 0 Å². The van der Waals surface area contributed by atoms with Crippen LogP contribution in [0.4, 0.5) is 5.69 Å². The number of aromatic nitrogens is 1. The minimum absolute atomic E-state index is 0.164. The maximum Gasteiger partial charge on any atom is 0.248 e. The van der Waals surface area contributed by atoms with E-state index in [-0.39, 0.29) is 23.9 Å². The molecule has 2 heterocycles. The van der Waals surface area contributed by atoms with Crippen molar-refractivity contribution < 1.29 is 9.59 Å². The van der Waals surface area contributed by atoms with Crippen molar-refractivity contribution in [2.45, 2.75) is 25.9 Å². The molecule has 23 heavy (non-hydrogen) atoms. The fourth-order valence-corrected chi connectivity index (χ4v) is 2.88. The molecule has 0 fully saturated rings. The second-order valence-corrected chi connectivity index (χ2v) is 5.50. The van der Waals surface area contributed by atoms with Crippen molar-refractivity contribution >= 4 is 17.5 Å². The predicted octanol–water partition coefficient (Wildman–Crippen LogP) is 0.969. The maximum absolute atomic E-state index is 12.5. The Morgan fingerprint density at radius 3 is 2.74 bits per heavy atom. The Morgan fingerprint density at radius 2 is 2.00 bits per heavy atom. The van der Waals surface area contributed by atoms with Gasteiger partial charge in [0.2, 0.25) is 17.4 Å². The van der Waals surface area contributed by atoms with Gasteiger partial charge < -0.3 is 10.3 Å². The van der Waals surface area contributed by atoms with Crippen LogP contribution in [-0.2, 0) is 22.6 Å². The molecule has 0 aliphatic carbocycles. The maximum atomic E-state index is 12.5. The van der Waals surface area contributed by atoms with Crippen LogP contribution in [0.2, 0.25) is 0 Å². The Hall–Kier alpha value is -2.89. The zero-order chi connectivity index (χ0) is 16.4. The van der Waals surface area contributed by atoms with E-state index in [1.54, 1.807) is 12.1 Å². The van der Waals surface area contributed by atoms with Gasteiger partial charge in [-0.3, -0.25) is 19.3 Å². The van der Waals surface area contributed by atoms with Crippen LogP contribution < -0.4 is 15.8 Å². The Kier molecular flexibility index (Phi) is 3.97. The number of nitrogens with one attached hydrogen (secondary N) is 2. The summed E-state index contributed by atoms with van der Waals surface area (Å²) in [6.45, 7) is 1.67. The molecule has 1 aromatic carbocycles. The van der Waals surface area contributed by atoms with Gasteiger partial charge >= 0.3 is 0 Å². The van der Waals surface area contributed by atoms with Gasteiger partial charge in [0.1, 0.15) is 6.04 Å². The van der Waals surface area contributed by atoms with Gasteiger partial charge in [-0.15, -0.1) is 0 Å². The highest BCUT2D eigenvalue weighted by Crippen LogP contribution is 2.32. The second kappa shape index (κ2) is 6.08. The number of carbonyl (C=O) groups is 2. The van der Waals surface area contributed by atoms with Gasteiger partial charge in [-0.25, -0.2) is 0 Å². The molecule has 0 bridgehead atoms. The molecule has 1 aliphatic rings.